The number of H-pyrrole nitrogens is 1. The minimum atomic E-state index is -1.40. The van der Waals surface area contributed by atoms with E-state index in [9.17, 15) is 14.7 Å². The van der Waals surface area contributed by atoms with Gasteiger partial charge >= 0.3 is 11.7 Å². The molecule has 0 saturated carbocycles. The van der Waals surface area contributed by atoms with Crippen molar-refractivity contribution in [2.24, 2.45) is 0 Å². The van der Waals surface area contributed by atoms with Gasteiger partial charge in [-0.3, -0.25) is 4.57 Å². The molecule has 1 aromatic carbocycles. The Hall–Kier alpha value is -2.30. The van der Waals surface area contributed by atoms with Crippen molar-refractivity contribution in [1.29, 1.82) is 0 Å². The summed E-state index contributed by atoms with van der Waals surface area (Å²) >= 11 is 0. The van der Waals surface area contributed by atoms with Crippen molar-refractivity contribution in [1.82, 2.24) is 9.55 Å². The molecule has 88 valence electrons. The van der Waals surface area contributed by atoms with Crippen molar-refractivity contribution in [3.8, 4) is 0 Å². The fourth-order valence-electron chi connectivity index (χ4n) is 1.80. The van der Waals surface area contributed by atoms with Crippen molar-refractivity contribution in [3.05, 3.63) is 58.8 Å². The Morgan fingerprint density at radius 1 is 1.35 bits per heavy atom. The number of benzene rings is 1. The zero-order valence-corrected chi connectivity index (χ0v) is 9.25. The first-order valence-electron chi connectivity index (χ1n) is 5.12. The Labute approximate surface area is 97.3 Å². The molecule has 0 saturated heterocycles. The second kappa shape index (κ2) is 3.93. The monoisotopic (exact) mass is 232 g/mol. The predicted octanol–water partition coefficient (Wildman–Crippen LogP) is 1.02. The molecule has 0 amide bonds. The van der Waals surface area contributed by atoms with Crippen LogP contribution in [0.5, 0.6) is 0 Å². The lowest BCUT2D eigenvalue weighted by Crippen LogP contribution is -2.44. The summed E-state index contributed by atoms with van der Waals surface area (Å²) in [6.07, 6.45) is 2.86. The minimum absolute atomic E-state index is 0.446. The van der Waals surface area contributed by atoms with E-state index in [0.29, 0.717) is 5.56 Å². The lowest BCUT2D eigenvalue weighted by Gasteiger charge is -2.26. The number of aromatic nitrogens is 2. The van der Waals surface area contributed by atoms with Gasteiger partial charge in [0, 0.05) is 12.4 Å². The van der Waals surface area contributed by atoms with E-state index in [2.05, 4.69) is 4.98 Å². The van der Waals surface area contributed by atoms with Gasteiger partial charge in [0.05, 0.1) is 0 Å². The largest absolute Gasteiger partial charge is 0.479 e. The number of carboxylic acid groups (broad SMARTS) is 1. The Morgan fingerprint density at radius 3 is 2.47 bits per heavy atom. The van der Waals surface area contributed by atoms with Gasteiger partial charge in [0.15, 0.2) is 5.54 Å². The van der Waals surface area contributed by atoms with Crippen LogP contribution in [-0.2, 0) is 10.3 Å². The average Bonchev–Trinajstić information content (AvgIpc) is 2.76. The van der Waals surface area contributed by atoms with Crippen LogP contribution in [-0.4, -0.2) is 20.6 Å². The molecular formula is C12H12N2O3. The number of rotatable bonds is 3. The Bertz CT molecular complexity index is 585. The Kier molecular flexibility index (Phi) is 2.59. The first-order valence-corrected chi connectivity index (χ1v) is 5.12. The number of imidazole rings is 1. The molecule has 1 unspecified atom stereocenters. The van der Waals surface area contributed by atoms with Crippen molar-refractivity contribution in [2.45, 2.75) is 12.5 Å². The second-order valence-electron chi connectivity index (χ2n) is 3.88. The van der Waals surface area contributed by atoms with E-state index in [1.165, 1.54) is 23.9 Å². The van der Waals surface area contributed by atoms with Gasteiger partial charge in [-0.25, -0.2) is 9.59 Å². The van der Waals surface area contributed by atoms with E-state index in [0.717, 1.165) is 0 Å². The summed E-state index contributed by atoms with van der Waals surface area (Å²) in [6, 6.07) is 8.66. The molecule has 2 N–H and O–H groups in total. The fourth-order valence-corrected chi connectivity index (χ4v) is 1.80. The van der Waals surface area contributed by atoms with Gasteiger partial charge in [-0.05, 0) is 12.5 Å². The van der Waals surface area contributed by atoms with Crippen LogP contribution in [0.4, 0.5) is 0 Å². The van der Waals surface area contributed by atoms with Crippen LogP contribution >= 0.6 is 0 Å². The molecule has 0 aliphatic rings. The van der Waals surface area contributed by atoms with Crippen LogP contribution in [0.25, 0.3) is 0 Å². The maximum atomic E-state index is 11.6. The molecule has 1 atom stereocenters. The first kappa shape index (κ1) is 11.2. The summed E-state index contributed by atoms with van der Waals surface area (Å²) in [5.74, 6) is -1.08. The molecule has 5 nitrogen and oxygen atoms in total. The molecule has 17 heavy (non-hydrogen) atoms. The molecule has 0 fully saturated rings. The SMILES string of the molecule is CC(C(=O)O)(c1ccccc1)n1cc[nH]c1=O. The number of aliphatic carboxylic acids is 1. The van der Waals surface area contributed by atoms with E-state index < -0.39 is 17.2 Å². The number of carboxylic acids is 1. The standard InChI is InChI=1S/C12H12N2O3/c1-12(10(15)16,9-5-3-2-4-6-9)14-8-7-13-11(14)17/h2-8H,1H3,(H,13,17)(H,15,16). The molecule has 0 aliphatic heterocycles. The van der Waals surface area contributed by atoms with Crippen molar-refractivity contribution < 1.29 is 9.90 Å². The van der Waals surface area contributed by atoms with Crippen molar-refractivity contribution >= 4 is 5.97 Å². The first-order chi connectivity index (χ1) is 8.06. The van der Waals surface area contributed by atoms with Crippen LogP contribution in [0.3, 0.4) is 0 Å². The molecule has 1 heterocycles. The second-order valence-corrected chi connectivity index (χ2v) is 3.88. The number of carbonyl (C=O) groups is 1. The number of nitrogens with zero attached hydrogens (tertiary/aromatic N) is 1. The number of nitrogens with one attached hydrogen (secondary N) is 1. The summed E-state index contributed by atoms with van der Waals surface area (Å²) < 4.78 is 1.17. The number of hydrogen-bond donors (Lipinski definition) is 2. The zero-order valence-electron chi connectivity index (χ0n) is 9.25. The van der Waals surface area contributed by atoms with Gasteiger partial charge in [0.2, 0.25) is 0 Å². The highest BCUT2D eigenvalue weighted by Gasteiger charge is 2.38. The van der Waals surface area contributed by atoms with E-state index in [1.54, 1.807) is 30.3 Å². The number of hydrogen-bond acceptors (Lipinski definition) is 2. The molecule has 2 rings (SSSR count). The molecule has 0 spiro atoms. The highest BCUT2D eigenvalue weighted by atomic mass is 16.4. The maximum Gasteiger partial charge on any atom is 0.334 e. The third-order valence-corrected chi connectivity index (χ3v) is 2.88. The van der Waals surface area contributed by atoms with Gasteiger partial charge in [-0.1, -0.05) is 30.3 Å². The van der Waals surface area contributed by atoms with E-state index in [1.807, 2.05) is 0 Å². The van der Waals surface area contributed by atoms with Crippen LogP contribution in [0.15, 0.2) is 47.5 Å². The summed E-state index contributed by atoms with van der Waals surface area (Å²) in [6.45, 7) is 1.50. The topological polar surface area (TPSA) is 75.1 Å². The molecule has 0 bridgehead atoms. The van der Waals surface area contributed by atoms with E-state index in [4.69, 9.17) is 0 Å². The molecule has 0 radical (unpaired) electrons. The quantitative estimate of drug-likeness (QED) is 0.829. The zero-order chi connectivity index (χ0) is 12.5. The Balaban J connectivity index is 2.68. The van der Waals surface area contributed by atoms with Crippen LogP contribution in [0, 0.1) is 0 Å². The Morgan fingerprint density at radius 2 is 2.00 bits per heavy atom. The molecular weight excluding hydrogens is 220 g/mol. The smallest absolute Gasteiger partial charge is 0.334 e. The van der Waals surface area contributed by atoms with Gasteiger partial charge < -0.3 is 10.1 Å². The van der Waals surface area contributed by atoms with Crippen LogP contribution in [0.1, 0.15) is 12.5 Å². The molecule has 2 aromatic rings. The lowest BCUT2D eigenvalue weighted by atomic mass is 9.92. The summed E-state index contributed by atoms with van der Waals surface area (Å²) in [4.78, 5) is 25.5. The van der Waals surface area contributed by atoms with Gasteiger partial charge in [0.25, 0.3) is 0 Å². The fraction of sp³-hybridized carbons (Fsp3) is 0.167. The summed E-state index contributed by atoms with van der Waals surface area (Å²) in [7, 11) is 0. The molecule has 0 aliphatic carbocycles. The highest BCUT2D eigenvalue weighted by molar-refractivity contribution is 5.80. The van der Waals surface area contributed by atoms with Crippen molar-refractivity contribution in [2.75, 3.05) is 0 Å². The van der Waals surface area contributed by atoms with Gasteiger partial charge in [-0.15, -0.1) is 0 Å². The van der Waals surface area contributed by atoms with Crippen LogP contribution < -0.4 is 5.69 Å². The van der Waals surface area contributed by atoms with Crippen LogP contribution in [0.2, 0.25) is 0 Å². The minimum Gasteiger partial charge on any atom is -0.479 e. The lowest BCUT2D eigenvalue weighted by molar-refractivity contribution is -0.144. The van der Waals surface area contributed by atoms with E-state index >= 15 is 0 Å². The van der Waals surface area contributed by atoms with Gasteiger partial charge in [-0.2, -0.15) is 0 Å². The van der Waals surface area contributed by atoms with E-state index in [-0.39, 0.29) is 0 Å². The average molecular weight is 232 g/mol. The maximum absolute atomic E-state index is 11.6. The third-order valence-electron chi connectivity index (χ3n) is 2.88. The summed E-state index contributed by atoms with van der Waals surface area (Å²) in [5, 5.41) is 9.41. The molecule has 1 aromatic heterocycles. The predicted molar refractivity (Wildman–Crippen MR) is 61.9 cm³/mol. The number of aromatic amines is 1. The summed E-state index contributed by atoms with van der Waals surface area (Å²) in [5.41, 5.74) is -1.30. The normalized spacial score (nSPS) is 14.2. The highest BCUT2D eigenvalue weighted by Crippen LogP contribution is 2.24. The van der Waals surface area contributed by atoms with Crippen molar-refractivity contribution in [3.63, 3.8) is 0 Å². The third kappa shape index (κ3) is 1.65. The van der Waals surface area contributed by atoms with Gasteiger partial charge in [0.1, 0.15) is 0 Å². The molecule has 5 heteroatoms.